The predicted molar refractivity (Wildman–Crippen MR) is 57.6 cm³/mol. The fraction of sp³-hybridized carbons (Fsp3) is 0.800. The van der Waals surface area contributed by atoms with Gasteiger partial charge in [-0.2, -0.15) is 0 Å². The van der Waals surface area contributed by atoms with E-state index in [-0.39, 0.29) is 18.5 Å². The van der Waals surface area contributed by atoms with Gasteiger partial charge in [0, 0.05) is 6.04 Å². The molecule has 1 atom stereocenters. The molecule has 0 aliphatic heterocycles. The van der Waals surface area contributed by atoms with E-state index < -0.39 is 12.0 Å². The average Bonchev–Trinajstić information content (AvgIpc) is 2.22. The number of hydrogen-bond donors (Lipinski definition) is 3. The molecule has 0 aliphatic carbocycles. The Labute approximate surface area is 90.2 Å². The fourth-order valence-electron chi connectivity index (χ4n) is 1.10. The average molecular weight is 216 g/mol. The molecule has 3 N–H and O–H groups in total. The van der Waals surface area contributed by atoms with Crippen LogP contribution < -0.4 is 10.6 Å². The molecular weight excluding hydrogens is 196 g/mol. The smallest absolute Gasteiger partial charge is 0.320 e. The Balaban J connectivity index is 3.79. The third-order valence-corrected chi connectivity index (χ3v) is 2.29. The molecule has 0 rings (SSSR count). The van der Waals surface area contributed by atoms with Crippen LogP contribution in [0, 0.1) is 0 Å². The van der Waals surface area contributed by atoms with Gasteiger partial charge in [0.15, 0.2) is 0 Å². The van der Waals surface area contributed by atoms with Crippen LogP contribution in [0.1, 0.15) is 33.6 Å². The molecule has 0 saturated carbocycles. The zero-order valence-electron chi connectivity index (χ0n) is 9.54. The summed E-state index contributed by atoms with van der Waals surface area (Å²) in [5, 5.41) is 14.0. The molecule has 0 unspecified atom stereocenters. The minimum Gasteiger partial charge on any atom is -0.480 e. The summed E-state index contributed by atoms with van der Waals surface area (Å²) in [5.74, 6) is -1.11. The van der Waals surface area contributed by atoms with Gasteiger partial charge in [-0.3, -0.25) is 14.9 Å². The van der Waals surface area contributed by atoms with Crippen LogP contribution in [-0.4, -0.2) is 35.6 Å². The Morgan fingerprint density at radius 2 is 1.80 bits per heavy atom. The van der Waals surface area contributed by atoms with E-state index in [0.29, 0.717) is 0 Å². The molecule has 0 radical (unpaired) electrons. The largest absolute Gasteiger partial charge is 0.480 e. The Morgan fingerprint density at radius 1 is 1.27 bits per heavy atom. The molecule has 0 aliphatic rings. The van der Waals surface area contributed by atoms with Crippen LogP contribution in [0.15, 0.2) is 0 Å². The van der Waals surface area contributed by atoms with Crippen molar-refractivity contribution < 1.29 is 14.7 Å². The quantitative estimate of drug-likeness (QED) is 0.574. The molecule has 5 nitrogen and oxygen atoms in total. The maximum Gasteiger partial charge on any atom is 0.320 e. The molecule has 1 amide bonds. The highest BCUT2D eigenvalue weighted by Crippen LogP contribution is 1.95. The monoisotopic (exact) mass is 216 g/mol. The first-order chi connectivity index (χ1) is 7.01. The van der Waals surface area contributed by atoms with Crippen LogP contribution in [0.2, 0.25) is 0 Å². The van der Waals surface area contributed by atoms with Crippen LogP contribution in [0.4, 0.5) is 0 Å². The number of nitrogens with one attached hydrogen (secondary N) is 2. The first kappa shape index (κ1) is 13.9. The Bertz CT molecular complexity index is 215. The summed E-state index contributed by atoms with van der Waals surface area (Å²) < 4.78 is 0. The van der Waals surface area contributed by atoms with Crippen molar-refractivity contribution in [1.82, 2.24) is 10.6 Å². The van der Waals surface area contributed by atoms with Crippen molar-refractivity contribution in [2.45, 2.75) is 45.7 Å². The third kappa shape index (κ3) is 6.06. The Hall–Kier alpha value is -1.10. The SMILES string of the molecule is CCC(CC)NC(=O)CN[C@@H](C)C(=O)O. The Morgan fingerprint density at radius 3 is 2.20 bits per heavy atom. The summed E-state index contributed by atoms with van der Waals surface area (Å²) in [5.41, 5.74) is 0. The van der Waals surface area contributed by atoms with Gasteiger partial charge in [-0.05, 0) is 19.8 Å². The highest BCUT2D eigenvalue weighted by atomic mass is 16.4. The van der Waals surface area contributed by atoms with Crippen LogP contribution in [0.3, 0.4) is 0 Å². The molecule has 0 bridgehead atoms. The Kier molecular flexibility index (Phi) is 6.70. The summed E-state index contributed by atoms with van der Waals surface area (Å²) in [6.45, 7) is 5.56. The summed E-state index contributed by atoms with van der Waals surface area (Å²) in [6, 6.07) is -0.517. The number of carboxylic acids is 1. The highest BCUT2D eigenvalue weighted by Gasteiger charge is 2.13. The number of amides is 1. The molecule has 5 heteroatoms. The maximum absolute atomic E-state index is 11.3. The van der Waals surface area contributed by atoms with Crippen molar-refractivity contribution in [3.05, 3.63) is 0 Å². The van der Waals surface area contributed by atoms with E-state index in [1.54, 1.807) is 0 Å². The molecule has 0 fully saturated rings. The van der Waals surface area contributed by atoms with E-state index >= 15 is 0 Å². The molecule has 0 spiro atoms. The minimum absolute atomic E-state index is 0.0456. The normalized spacial score (nSPS) is 12.5. The first-order valence-corrected chi connectivity index (χ1v) is 5.26. The van der Waals surface area contributed by atoms with Crippen LogP contribution in [0.25, 0.3) is 0 Å². The number of carbonyl (C=O) groups excluding carboxylic acids is 1. The summed E-state index contributed by atoms with van der Waals surface area (Å²) in [6.07, 6.45) is 1.77. The molecule has 15 heavy (non-hydrogen) atoms. The van der Waals surface area contributed by atoms with Crippen molar-refractivity contribution in [2.75, 3.05) is 6.54 Å². The number of rotatable bonds is 7. The lowest BCUT2D eigenvalue weighted by Crippen LogP contribution is -2.44. The van der Waals surface area contributed by atoms with E-state index in [1.165, 1.54) is 6.92 Å². The summed E-state index contributed by atoms with van der Waals surface area (Å²) >= 11 is 0. The summed E-state index contributed by atoms with van der Waals surface area (Å²) in [7, 11) is 0. The zero-order valence-corrected chi connectivity index (χ0v) is 9.54. The molecule has 0 aromatic rings. The topological polar surface area (TPSA) is 78.4 Å². The van der Waals surface area contributed by atoms with Crippen LogP contribution >= 0.6 is 0 Å². The standard InChI is InChI=1S/C10H20N2O3/c1-4-8(5-2)12-9(13)6-11-7(3)10(14)15/h7-8,11H,4-6H2,1-3H3,(H,12,13)(H,14,15)/t7-/m0/s1. The lowest BCUT2D eigenvalue weighted by Gasteiger charge is -2.15. The van der Waals surface area contributed by atoms with Crippen LogP contribution in [-0.2, 0) is 9.59 Å². The van der Waals surface area contributed by atoms with Gasteiger partial charge in [0.25, 0.3) is 0 Å². The van der Waals surface area contributed by atoms with E-state index in [4.69, 9.17) is 5.11 Å². The number of aliphatic carboxylic acids is 1. The van der Waals surface area contributed by atoms with Crippen molar-refractivity contribution >= 4 is 11.9 Å². The predicted octanol–water partition coefficient (Wildman–Crippen LogP) is 0.354. The van der Waals surface area contributed by atoms with Crippen molar-refractivity contribution in [3.8, 4) is 0 Å². The third-order valence-electron chi connectivity index (χ3n) is 2.29. The molecule has 0 heterocycles. The van der Waals surface area contributed by atoms with Gasteiger partial charge >= 0.3 is 5.97 Å². The lowest BCUT2D eigenvalue weighted by molar-refractivity contribution is -0.139. The van der Waals surface area contributed by atoms with Gasteiger partial charge < -0.3 is 10.4 Å². The highest BCUT2D eigenvalue weighted by molar-refractivity contribution is 5.79. The maximum atomic E-state index is 11.3. The number of carboxylic acid groups (broad SMARTS) is 1. The second kappa shape index (κ2) is 7.23. The van der Waals surface area contributed by atoms with Gasteiger partial charge in [0.2, 0.25) is 5.91 Å². The molecule has 0 aromatic carbocycles. The second-order valence-corrected chi connectivity index (χ2v) is 3.52. The van der Waals surface area contributed by atoms with Gasteiger partial charge in [-0.25, -0.2) is 0 Å². The van der Waals surface area contributed by atoms with E-state index in [9.17, 15) is 9.59 Å². The molecule has 88 valence electrons. The number of carbonyl (C=O) groups is 2. The lowest BCUT2D eigenvalue weighted by atomic mass is 10.2. The van der Waals surface area contributed by atoms with E-state index in [2.05, 4.69) is 10.6 Å². The fourth-order valence-corrected chi connectivity index (χ4v) is 1.10. The van der Waals surface area contributed by atoms with Crippen molar-refractivity contribution in [1.29, 1.82) is 0 Å². The van der Waals surface area contributed by atoms with E-state index in [0.717, 1.165) is 12.8 Å². The molecular formula is C10H20N2O3. The summed E-state index contributed by atoms with van der Waals surface area (Å²) in [4.78, 5) is 21.8. The molecule has 0 aromatic heterocycles. The number of hydrogen-bond acceptors (Lipinski definition) is 3. The van der Waals surface area contributed by atoms with Crippen molar-refractivity contribution in [3.63, 3.8) is 0 Å². The van der Waals surface area contributed by atoms with Gasteiger partial charge in [0.1, 0.15) is 6.04 Å². The zero-order chi connectivity index (χ0) is 11.8. The van der Waals surface area contributed by atoms with Gasteiger partial charge in [-0.15, -0.1) is 0 Å². The van der Waals surface area contributed by atoms with Crippen LogP contribution in [0.5, 0.6) is 0 Å². The van der Waals surface area contributed by atoms with Gasteiger partial charge in [-0.1, -0.05) is 13.8 Å². The molecule has 0 saturated heterocycles. The first-order valence-electron chi connectivity index (χ1n) is 5.26. The van der Waals surface area contributed by atoms with Crippen molar-refractivity contribution in [2.24, 2.45) is 0 Å². The minimum atomic E-state index is -0.953. The van der Waals surface area contributed by atoms with E-state index in [1.807, 2.05) is 13.8 Å². The second-order valence-electron chi connectivity index (χ2n) is 3.52. The van der Waals surface area contributed by atoms with Gasteiger partial charge in [0.05, 0.1) is 6.54 Å².